The average molecular weight is 344 g/mol. The van der Waals surface area contributed by atoms with Gasteiger partial charge >= 0.3 is 5.97 Å². The number of aryl methyl sites for hydroxylation is 1. The first-order valence-electron chi connectivity index (χ1n) is 7.45. The highest BCUT2D eigenvalue weighted by atomic mass is 32.2. The van der Waals surface area contributed by atoms with E-state index in [4.69, 9.17) is 5.11 Å². The molecule has 0 heterocycles. The molecule has 0 fully saturated rings. The standard InChI is InChI=1S/C19H17FO3S/c1-2-13-3-5-14(6-4-13)7-9-17(21)15-8-10-18(16(20)11-15)24-12-19(22)23/h3-11H,2,12H2,1H3,(H,22,23)/b9-7+. The second-order valence-electron chi connectivity index (χ2n) is 5.12. The molecule has 3 nitrogen and oxygen atoms in total. The highest BCUT2D eigenvalue weighted by Gasteiger charge is 2.09. The molecule has 0 saturated heterocycles. The van der Waals surface area contributed by atoms with Gasteiger partial charge in [0.2, 0.25) is 0 Å². The zero-order chi connectivity index (χ0) is 17.5. The van der Waals surface area contributed by atoms with Crippen molar-refractivity contribution in [3.63, 3.8) is 0 Å². The second-order valence-corrected chi connectivity index (χ2v) is 6.14. The maximum Gasteiger partial charge on any atom is 0.313 e. The van der Waals surface area contributed by atoms with Crippen molar-refractivity contribution in [3.8, 4) is 0 Å². The zero-order valence-corrected chi connectivity index (χ0v) is 14.0. The molecule has 0 bridgehead atoms. The number of benzene rings is 2. The summed E-state index contributed by atoms with van der Waals surface area (Å²) >= 11 is 0.885. The maximum absolute atomic E-state index is 13.9. The molecule has 0 saturated carbocycles. The van der Waals surface area contributed by atoms with Gasteiger partial charge in [0.15, 0.2) is 5.78 Å². The molecule has 1 N–H and O–H groups in total. The lowest BCUT2D eigenvalue weighted by Crippen LogP contribution is -2.00. The third-order valence-electron chi connectivity index (χ3n) is 3.38. The van der Waals surface area contributed by atoms with Crippen molar-refractivity contribution in [1.29, 1.82) is 0 Å². The smallest absolute Gasteiger partial charge is 0.313 e. The lowest BCUT2D eigenvalue weighted by molar-refractivity contribution is -0.133. The number of carbonyl (C=O) groups is 2. The van der Waals surface area contributed by atoms with E-state index in [0.29, 0.717) is 0 Å². The van der Waals surface area contributed by atoms with Gasteiger partial charge in [-0.15, -0.1) is 11.8 Å². The van der Waals surface area contributed by atoms with E-state index < -0.39 is 11.8 Å². The Morgan fingerprint density at radius 2 is 1.88 bits per heavy atom. The minimum Gasteiger partial charge on any atom is -0.481 e. The Bertz CT molecular complexity index is 767. The first kappa shape index (κ1) is 17.9. The minimum absolute atomic E-state index is 0.216. The Hall–Kier alpha value is -2.40. The van der Waals surface area contributed by atoms with Crippen LogP contribution in [0.5, 0.6) is 0 Å². The van der Waals surface area contributed by atoms with E-state index in [9.17, 15) is 14.0 Å². The molecule has 0 aliphatic heterocycles. The zero-order valence-electron chi connectivity index (χ0n) is 13.2. The fraction of sp³-hybridized carbons (Fsp3) is 0.158. The van der Waals surface area contributed by atoms with Crippen molar-refractivity contribution in [2.24, 2.45) is 0 Å². The SMILES string of the molecule is CCc1ccc(/C=C/C(=O)c2ccc(SCC(=O)O)c(F)c2)cc1. The quantitative estimate of drug-likeness (QED) is 0.458. The molecule has 2 rings (SSSR count). The first-order valence-corrected chi connectivity index (χ1v) is 8.43. The molecule has 5 heteroatoms. The lowest BCUT2D eigenvalue weighted by atomic mass is 10.1. The van der Waals surface area contributed by atoms with Crippen LogP contribution >= 0.6 is 11.8 Å². The Morgan fingerprint density at radius 1 is 1.17 bits per heavy atom. The van der Waals surface area contributed by atoms with Crippen LogP contribution in [0.25, 0.3) is 6.08 Å². The van der Waals surface area contributed by atoms with Crippen LogP contribution in [0, 0.1) is 5.82 Å². The number of carboxylic acid groups (broad SMARTS) is 1. The Labute approximate surface area is 144 Å². The average Bonchev–Trinajstić information content (AvgIpc) is 2.58. The Kier molecular flexibility index (Phi) is 6.32. The van der Waals surface area contributed by atoms with E-state index in [0.717, 1.165) is 29.8 Å². The summed E-state index contributed by atoms with van der Waals surface area (Å²) in [6.07, 6.45) is 4.04. The minimum atomic E-state index is -1.02. The molecule has 0 radical (unpaired) electrons. The molecule has 0 aliphatic rings. The molecule has 124 valence electrons. The molecule has 0 aromatic heterocycles. The number of carbonyl (C=O) groups excluding carboxylic acids is 1. The number of allylic oxidation sites excluding steroid dienone is 1. The van der Waals surface area contributed by atoms with Gasteiger partial charge in [0.1, 0.15) is 5.82 Å². The topological polar surface area (TPSA) is 54.4 Å². The monoisotopic (exact) mass is 344 g/mol. The van der Waals surface area contributed by atoms with Crippen LogP contribution in [0.4, 0.5) is 4.39 Å². The highest BCUT2D eigenvalue weighted by molar-refractivity contribution is 8.00. The number of hydrogen-bond acceptors (Lipinski definition) is 3. The van der Waals surface area contributed by atoms with Gasteiger partial charge in [0.05, 0.1) is 5.75 Å². The van der Waals surface area contributed by atoms with Crippen LogP contribution in [0.1, 0.15) is 28.4 Å². The summed E-state index contributed by atoms with van der Waals surface area (Å²) in [5.74, 6) is -2.13. The van der Waals surface area contributed by atoms with Crippen molar-refractivity contribution in [2.75, 3.05) is 5.75 Å². The van der Waals surface area contributed by atoms with Gasteiger partial charge in [-0.1, -0.05) is 37.3 Å². The van der Waals surface area contributed by atoms with Gasteiger partial charge in [-0.3, -0.25) is 9.59 Å². The molecule has 24 heavy (non-hydrogen) atoms. The van der Waals surface area contributed by atoms with Gasteiger partial charge in [0.25, 0.3) is 0 Å². The molecule has 0 unspecified atom stereocenters. The number of ketones is 1. The van der Waals surface area contributed by atoms with Crippen LogP contribution < -0.4 is 0 Å². The Morgan fingerprint density at radius 3 is 2.46 bits per heavy atom. The predicted molar refractivity (Wildman–Crippen MR) is 93.9 cm³/mol. The number of carboxylic acids is 1. The van der Waals surface area contributed by atoms with Crippen molar-refractivity contribution < 1.29 is 19.1 Å². The van der Waals surface area contributed by atoms with Crippen LogP contribution in [0.2, 0.25) is 0 Å². The molecule has 0 spiro atoms. The van der Waals surface area contributed by atoms with Crippen molar-refractivity contribution in [3.05, 3.63) is 71.0 Å². The van der Waals surface area contributed by atoms with Crippen LogP contribution in [0.15, 0.2) is 53.4 Å². The predicted octanol–water partition coefficient (Wildman–Crippen LogP) is 4.46. The molecule has 2 aromatic rings. The summed E-state index contributed by atoms with van der Waals surface area (Å²) in [6.45, 7) is 2.07. The normalized spacial score (nSPS) is 10.9. The van der Waals surface area contributed by atoms with Crippen LogP contribution in [-0.4, -0.2) is 22.6 Å². The lowest BCUT2D eigenvalue weighted by Gasteiger charge is -2.03. The second kappa shape index (κ2) is 8.45. The van der Waals surface area contributed by atoms with E-state index in [-0.39, 0.29) is 22.0 Å². The van der Waals surface area contributed by atoms with Crippen molar-refractivity contribution >= 4 is 29.6 Å². The first-order chi connectivity index (χ1) is 11.5. The molecule has 2 aromatic carbocycles. The third-order valence-corrected chi connectivity index (χ3v) is 4.42. The molecular formula is C19H17FO3S. The number of hydrogen-bond donors (Lipinski definition) is 1. The number of thioether (sulfide) groups is 1. The number of halogens is 1. The maximum atomic E-state index is 13.9. The van der Waals surface area contributed by atoms with E-state index in [2.05, 4.69) is 6.92 Å². The summed E-state index contributed by atoms with van der Waals surface area (Å²) in [5.41, 5.74) is 2.35. The summed E-state index contributed by atoms with van der Waals surface area (Å²) in [6, 6.07) is 11.9. The van der Waals surface area contributed by atoms with Gasteiger partial charge in [-0.25, -0.2) is 4.39 Å². The largest absolute Gasteiger partial charge is 0.481 e. The fourth-order valence-corrected chi connectivity index (χ4v) is 2.68. The summed E-state index contributed by atoms with van der Waals surface area (Å²) in [7, 11) is 0. The summed E-state index contributed by atoms with van der Waals surface area (Å²) in [5, 5.41) is 8.61. The van der Waals surface area contributed by atoms with Gasteiger partial charge < -0.3 is 5.11 Å². The van der Waals surface area contributed by atoms with E-state index in [1.54, 1.807) is 6.08 Å². The Balaban J connectivity index is 2.07. The summed E-state index contributed by atoms with van der Waals surface area (Å²) < 4.78 is 13.9. The molecule has 0 amide bonds. The van der Waals surface area contributed by atoms with Crippen LogP contribution in [-0.2, 0) is 11.2 Å². The van der Waals surface area contributed by atoms with Gasteiger partial charge in [-0.2, -0.15) is 0 Å². The highest BCUT2D eigenvalue weighted by Crippen LogP contribution is 2.23. The van der Waals surface area contributed by atoms with Crippen molar-refractivity contribution in [1.82, 2.24) is 0 Å². The van der Waals surface area contributed by atoms with Gasteiger partial charge in [0, 0.05) is 10.5 Å². The molecule has 0 atom stereocenters. The van der Waals surface area contributed by atoms with Gasteiger partial charge in [-0.05, 0) is 41.8 Å². The molecular weight excluding hydrogens is 327 g/mol. The van der Waals surface area contributed by atoms with E-state index >= 15 is 0 Å². The van der Waals surface area contributed by atoms with Crippen LogP contribution in [0.3, 0.4) is 0 Å². The third kappa shape index (κ3) is 5.06. The number of aliphatic carboxylic acids is 1. The number of rotatable bonds is 7. The molecule has 0 aliphatic carbocycles. The fourth-order valence-electron chi connectivity index (χ4n) is 2.04. The van der Waals surface area contributed by atoms with E-state index in [1.165, 1.54) is 23.8 Å². The van der Waals surface area contributed by atoms with Crippen molar-refractivity contribution in [2.45, 2.75) is 18.2 Å². The van der Waals surface area contributed by atoms with E-state index in [1.807, 2.05) is 24.3 Å². The summed E-state index contributed by atoms with van der Waals surface area (Å²) in [4.78, 5) is 22.8.